The zero-order valence-corrected chi connectivity index (χ0v) is 12.5. The Labute approximate surface area is 134 Å². The molecule has 2 heterocycles. The molecule has 23 heavy (non-hydrogen) atoms. The summed E-state index contributed by atoms with van der Waals surface area (Å²) in [5, 5.41) is 7.00. The van der Waals surface area contributed by atoms with Crippen molar-refractivity contribution < 1.29 is 4.79 Å². The molecule has 0 spiro atoms. The second-order valence-electron chi connectivity index (χ2n) is 5.01. The zero-order valence-electron chi connectivity index (χ0n) is 12.5. The lowest BCUT2D eigenvalue weighted by molar-refractivity contribution is -0.111. The standard InChI is InChI=1S/C18H16N4O/c23-18(9-6-15-3-1-10-19-13-15)21-17-7-4-16(5-8-17)14-22-12-2-11-20-22/h1-13H,14H2,(H,21,23)/b9-6+. The number of hydrogen-bond donors (Lipinski definition) is 1. The molecule has 2 aromatic heterocycles. The van der Waals surface area contributed by atoms with Gasteiger partial charge in [-0.2, -0.15) is 5.10 Å². The summed E-state index contributed by atoms with van der Waals surface area (Å²) in [5.74, 6) is -0.173. The monoisotopic (exact) mass is 304 g/mol. The molecule has 114 valence electrons. The van der Waals surface area contributed by atoms with Gasteiger partial charge in [-0.05, 0) is 41.5 Å². The Morgan fingerprint density at radius 1 is 1.13 bits per heavy atom. The third-order valence-electron chi connectivity index (χ3n) is 3.24. The Balaban J connectivity index is 1.57. The van der Waals surface area contributed by atoms with Crippen LogP contribution >= 0.6 is 0 Å². The van der Waals surface area contributed by atoms with E-state index in [9.17, 15) is 4.79 Å². The number of carbonyl (C=O) groups is 1. The molecule has 1 amide bonds. The van der Waals surface area contributed by atoms with Gasteiger partial charge in [0.1, 0.15) is 0 Å². The first kappa shape index (κ1) is 14.7. The maximum atomic E-state index is 11.9. The van der Waals surface area contributed by atoms with Gasteiger partial charge in [-0.3, -0.25) is 14.5 Å². The summed E-state index contributed by atoms with van der Waals surface area (Å²) in [5.41, 5.74) is 2.77. The summed E-state index contributed by atoms with van der Waals surface area (Å²) in [4.78, 5) is 15.9. The van der Waals surface area contributed by atoms with Crippen LogP contribution in [0.3, 0.4) is 0 Å². The van der Waals surface area contributed by atoms with Crippen molar-refractivity contribution in [1.29, 1.82) is 0 Å². The van der Waals surface area contributed by atoms with Crippen molar-refractivity contribution >= 4 is 17.7 Å². The van der Waals surface area contributed by atoms with Crippen LogP contribution in [0.25, 0.3) is 6.08 Å². The van der Waals surface area contributed by atoms with Crippen LogP contribution in [0, 0.1) is 0 Å². The van der Waals surface area contributed by atoms with E-state index >= 15 is 0 Å². The lowest BCUT2D eigenvalue weighted by Gasteiger charge is -2.05. The number of pyridine rings is 1. The van der Waals surface area contributed by atoms with Crippen molar-refractivity contribution in [1.82, 2.24) is 14.8 Å². The predicted molar refractivity (Wildman–Crippen MR) is 89.7 cm³/mol. The van der Waals surface area contributed by atoms with E-state index in [1.807, 2.05) is 53.3 Å². The number of amides is 1. The largest absolute Gasteiger partial charge is 0.323 e. The number of nitrogens with zero attached hydrogens (tertiary/aromatic N) is 3. The molecule has 0 aliphatic rings. The molecule has 1 N–H and O–H groups in total. The van der Waals surface area contributed by atoms with Gasteiger partial charge in [-0.1, -0.05) is 18.2 Å². The molecule has 0 saturated heterocycles. The van der Waals surface area contributed by atoms with E-state index in [-0.39, 0.29) is 5.91 Å². The molecule has 0 aliphatic carbocycles. The highest BCUT2D eigenvalue weighted by Crippen LogP contribution is 2.11. The highest BCUT2D eigenvalue weighted by molar-refractivity contribution is 6.01. The summed E-state index contributed by atoms with van der Waals surface area (Å²) in [7, 11) is 0. The number of carbonyl (C=O) groups excluding carboxylic acids is 1. The van der Waals surface area contributed by atoms with Gasteiger partial charge in [0.15, 0.2) is 0 Å². The van der Waals surface area contributed by atoms with E-state index in [0.29, 0.717) is 6.54 Å². The Morgan fingerprint density at radius 3 is 2.70 bits per heavy atom. The van der Waals surface area contributed by atoms with E-state index in [0.717, 1.165) is 16.8 Å². The third-order valence-corrected chi connectivity index (χ3v) is 3.24. The van der Waals surface area contributed by atoms with Crippen molar-refractivity contribution in [2.24, 2.45) is 0 Å². The first-order valence-electron chi connectivity index (χ1n) is 7.25. The molecular weight excluding hydrogens is 288 g/mol. The summed E-state index contributed by atoms with van der Waals surface area (Å²) in [6, 6.07) is 13.3. The van der Waals surface area contributed by atoms with Crippen molar-refractivity contribution in [2.75, 3.05) is 5.32 Å². The lowest BCUT2D eigenvalue weighted by atomic mass is 10.2. The van der Waals surface area contributed by atoms with E-state index in [2.05, 4.69) is 15.4 Å². The Bertz CT molecular complexity index is 778. The van der Waals surface area contributed by atoms with E-state index < -0.39 is 0 Å². The molecule has 5 nitrogen and oxygen atoms in total. The Hall–Kier alpha value is -3.21. The van der Waals surface area contributed by atoms with Crippen LogP contribution in [0.4, 0.5) is 5.69 Å². The minimum Gasteiger partial charge on any atom is -0.323 e. The Kier molecular flexibility index (Phi) is 4.59. The van der Waals surface area contributed by atoms with Crippen molar-refractivity contribution in [3.63, 3.8) is 0 Å². The van der Waals surface area contributed by atoms with Gasteiger partial charge in [0.2, 0.25) is 5.91 Å². The van der Waals surface area contributed by atoms with E-state index in [1.165, 1.54) is 6.08 Å². The van der Waals surface area contributed by atoms with Crippen molar-refractivity contribution in [2.45, 2.75) is 6.54 Å². The maximum Gasteiger partial charge on any atom is 0.248 e. The lowest BCUT2D eigenvalue weighted by Crippen LogP contribution is -2.08. The number of benzene rings is 1. The van der Waals surface area contributed by atoms with Crippen molar-refractivity contribution in [3.8, 4) is 0 Å². The Morgan fingerprint density at radius 2 is 2.00 bits per heavy atom. The predicted octanol–water partition coefficient (Wildman–Crippen LogP) is 2.98. The summed E-state index contributed by atoms with van der Waals surface area (Å²) >= 11 is 0. The second kappa shape index (κ2) is 7.17. The molecule has 0 fully saturated rings. The zero-order chi connectivity index (χ0) is 15.9. The summed E-state index contributed by atoms with van der Waals surface area (Å²) in [6.45, 7) is 0.710. The van der Waals surface area contributed by atoms with E-state index in [4.69, 9.17) is 0 Å². The first-order valence-corrected chi connectivity index (χ1v) is 7.25. The van der Waals surface area contributed by atoms with Crippen molar-refractivity contribution in [3.05, 3.63) is 84.5 Å². The molecule has 0 atom stereocenters. The van der Waals surface area contributed by atoms with Gasteiger partial charge in [0.05, 0.1) is 6.54 Å². The first-order chi connectivity index (χ1) is 11.3. The smallest absolute Gasteiger partial charge is 0.248 e. The maximum absolute atomic E-state index is 11.9. The number of rotatable bonds is 5. The van der Waals surface area contributed by atoms with Gasteiger partial charge in [0, 0.05) is 36.6 Å². The van der Waals surface area contributed by atoms with Crippen LogP contribution in [0.15, 0.2) is 73.3 Å². The topological polar surface area (TPSA) is 59.8 Å². The van der Waals surface area contributed by atoms with E-state index in [1.54, 1.807) is 24.7 Å². The summed E-state index contributed by atoms with van der Waals surface area (Å²) in [6.07, 6.45) is 10.3. The second-order valence-corrected chi connectivity index (χ2v) is 5.01. The molecule has 5 heteroatoms. The molecular formula is C18H16N4O. The molecule has 0 unspecified atom stereocenters. The van der Waals surface area contributed by atoms with Crippen LogP contribution in [0.5, 0.6) is 0 Å². The molecule has 0 radical (unpaired) electrons. The van der Waals surface area contributed by atoms with Gasteiger partial charge in [-0.15, -0.1) is 0 Å². The fourth-order valence-electron chi connectivity index (χ4n) is 2.10. The third kappa shape index (κ3) is 4.38. The van der Waals surface area contributed by atoms with Gasteiger partial charge >= 0.3 is 0 Å². The van der Waals surface area contributed by atoms with Crippen LogP contribution in [-0.4, -0.2) is 20.7 Å². The average Bonchev–Trinajstić information content (AvgIpc) is 3.09. The number of nitrogens with one attached hydrogen (secondary N) is 1. The van der Waals surface area contributed by atoms with Gasteiger partial charge in [0.25, 0.3) is 0 Å². The number of hydrogen-bond acceptors (Lipinski definition) is 3. The molecule has 0 saturated carbocycles. The number of aromatic nitrogens is 3. The minimum absolute atomic E-state index is 0.173. The fourth-order valence-corrected chi connectivity index (χ4v) is 2.10. The quantitative estimate of drug-likeness (QED) is 0.737. The highest BCUT2D eigenvalue weighted by Gasteiger charge is 1.99. The fraction of sp³-hybridized carbons (Fsp3) is 0.0556. The highest BCUT2D eigenvalue weighted by atomic mass is 16.1. The van der Waals surface area contributed by atoms with Crippen LogP contribution in [0.1, 0.15) is 11.1 Å². The van der Waals surface area contributed by atoms with Crippen LogP contribution in [0.2, 0.25) is 0 Å². The van der Waals surface area contributed by atoms with Gasteiger partial charge in [-0.25, -0.2) is 0 Å². The SMILES string of the molecule is O=C(/C=C/c1cccnc1)Nc1ccc(Cn2cccn2)cc1. The normalized spacial score (nSPS) is 10.8. The van der Waals surface area contributed by atoms with Gasteiger partial charge < -0.3 is 5.32 Å². The summed E-state index contributed by atoms with van der Waals surface area (Å²) < 4.78 is 1.85. The molecule has 3 aromatic rings. The van der Waals surface area contributed by atoms with Crippen LogP contribution in [-0.2, 0) is 11.3 Å². The molecule has 0 bridgehead atoms. The molecule has 3 rings (SSSR count). The molecule has 0 aliphatic heterocycles. The number of anilines is 1. The van der Waals surface area contributed by atoms with Crippen LogP contribution < -0.4 is 5.32 Å². The molecule has 1 aromatic carbocycles. The average molecular weight is 304 g/mol. The minimum atomic E-state index is -0.173.